The summed E-state index contributed by atoms with van der Waals surface area (Å²) in [4.78, 5) is 36.0. The van der Waals surface area contributed by atoms with Gasteiger partial charge in [0.25, 0.3) is 11.5 Å². The molecule has 1 saturated carbocycles. The van der Waals surface area contributed by atoms with E-state index in [1.807, 2.05) is 0 Å². The predicted octanol–water partition coefficient (Wildman–Crippen LogP) is 3.02. The van der Waals surface area contributed by atoms with Gasteiger partial charge in [0.15, 0.2) is 0 Å². The minimum absolute atomic E-state index is 0.171. The number of benzene rings is 1. The normalized spacial score (nSPS) is 14.7. The second-order valence-corrected chi connectivity index (χ2v) is 6.93. The number of nitrogens with zero attached hydrogens (tertiary/aromatic N) is 1. The van der Waals surface area contributed by atoms with Crippen molar-refractivity contribution in [3.8, 4) is 0 Å². The van der Waals surface area contributed by atoms with Crippen molar-refractivity contribution in [3.63, 3.8) is 0 Å². The monoisotopic (exact) mass is 368 g/mol. The van der Waals surface area contributed by atoms with Crippen molar-refractivity contribution in [3.05, 3.63) is 69.6 Å². The van der Waals surface area contributed by atoms with E-state index in [9.17, 15) is 14.4 Å². The highest BCUT2D eigenvalue weighted by atomic mass is 16.4. The van der Waals surface area contributed by atoms with Crippen LogP contribution in [0.2, 0.25) is 0 Å². The second kappa shape index (κ2) is 8.66. The molecular formula is C21H24N2O4. The Labute approximate surface area is 157 Å². The smallest absolute Gasteiger partial charge is 0.335 e. The Morgan fingerprint density at radius 2 is 1.78 bits per heavy atom. The molecule has 0 radical (unpaired) electrons. The Kier molecular flexibility index (Phi) is 6.06. The quantitative estimate of drug-likeness (QED) is 0.820. The number of rotatable bonds is 6. The van der Waals surface area contributed by atoms with Crippen molar-refractivity contribution in [1.82, 2.24) is 9.88 Å². The van der Waals surface area contributed by atoms with E-state index < -0.39 is 5.97 Å². The SMILES string of the molecule is O=C(O)c1ccc(CCNC(=O)c2cccn(C3CCCCC3)c2=O)cc1. The summed E-state index contributed by atoms with van der Waals surface area (Å²) >= 11 is 0. The van der Waals surface area contributed by atoms with Gasteiger partial charge in [-0.3, -0.25) is 9.59 Å². The van der Waals surface area contributed by atoms with Crippen LogP contribution in [0.15, 0.2) is 47.4 Å². The number of pyridine rings is 1. The van der Waals surface area contributed by atoms with Gasteiger partial charge in [0.05, 0.1) is 5.56 Å². The van der Waals surface area contributed by atoms with E-state index in [2.05, 4.69) is 5.32 Å². The third kappa shape index (κ3) is 4.64. The Hall–Kier alpha value is -2.89. The molecule has 6 nitrogen and oxygen atoms in total. The molecule has 142 valence electrons. The topological polar surface area (TPSA) is 88.4 Å². The van der Waals surface area contributed by atoms with Crippen molar-refractivity contribution in [2.45, 2.75) is 44.6 Å². The molecule has 0 bridgehead atoms. The molecule has 0 aliphatic heterocycles. The molecule has 1 aromatic heterocycles. The van der Waals surface area contributed by atoms with E-state index in [0.717, 1.165) is 31.2 Å². The highest BCUT2D eigenvalue weighted by Crippen LogP contribution is 2.26. The Bertz CT molecular complexity index is 864. The van der Waals surface area contributed by atoms with Gasteiger partial charge in [0.2, 0.25) is 0 Å². The number of hydrogen-bond donors (Lipinski definition) is 2. The molecule has 2 aromatic rings. The van der Waals surface area contributed by atoms with Crippen molar-refractivity contribution in [2.24, 2.45) is 0 Å². The molecule has 6 heteroatoms. The first-order chi connectivity index (χ1) is 13.1. The van der Waals surface area contributed by atoms with E-state index >= 15 is 0 Å². The van der Waals surface area contributed by atoms with Gasteiger partial charge in [-0.05, 0) is 49.1 Å². The average molecular weight is 368 g/mol. The lowest BCUT2D eigenvalue weighted by Crippen LogP contribution is -2.35. The zero-order valence-electron chi connectivity index (χ0n) is 15.2. The first-order valence-electron chi connectivity index (χ1n) is 9.38. The van der Waals surface area contributed by atoms with Gasteiger partial charge in [-0.1, -0.05) is 31.4 Å². The third-order valence-electron chi connectivity index (χ3n) is 5.09. The molecule has 0 unspecified atom stereocenters. The third-order valence-corrected chi connectivity index (χ3v) is 5.09. The van der Waals surface area contributed by atoms with Gasteiger partial charge in [0, 0.05) is 18.8 Å². The molecule has 1 amide bonds. The van der Waals surface area contributed by atoms with E-state index in [1.165, 1.54) is 6.42 Å². The summed E-state index contributed by atoms with van der Waals surface area (Å²) in [7, 11) is 0. The largest absolute Gasteiger partial charge is 0.478 e. The summed E-state index contributed by atoms with van der Waals surface area (Å²) in [6, 6.07) is 10.1. The molecule has 0 saturated heterocycles. The number of carbonyl (C=O) groups is 2. The van der Waals surface area contributed by atoms with Crippen LogP contribution in [-0.4, -0.2) is 28.1 Å². The summed E-state index contributed by atoms with van der Waals surface area (Å²) in [5.74, 6) is -1.33. The number of nitrogens with one attached hydrogen (secondary N) is 1. The molecule has 3 rings (SSSR count). The predicted molar refractivity (Wildman–Crippen MR) is 102 cm³/mol. The van der Waals surface area contributed by atoms with Crippen molar-refractivity contribution in [1.29, 1.82) is 0 Å². The Morgan fingerprint density at radius 3 is 2.44 bits per heavy atom. The lowest BCUT2D eigenvalue weighted by Gasteiger charge is -2.24. The fourth-order valence-corrected chi connectivity index (χ4v) is 3.56. The standard InChI is InChI=1S/C21H24N2O4/c24-19(22-13-12-15-8-10-16(11-9-15)21(26)27)18-7-4-14-23(20(18)25)17-5-2-1-3-6-17/h4,7-11,14,17H,1-3,5-6,12-13H2,(H,22,24)(H,26,27). The van der Waals surface area contributed by atoms with Crippen molar-refractivity contribution >= 4 is 11.9 Å². The zero-order chi connectivity index (χ0) is 19.2. The van der Waals surface area contributed by atoms with Crippen LogP contribution in [0.5, 0.6) is 0 Å². The van der Waals surface area contributed by atoms with E-state index in [4.69, 9.17) is 5.11 Å². The second-order valence-electron chi connectivity index (χ2n) is 6.93. The van der Waals surface area contributed by atoms with Gasteiger partial charge in [-0.25, -0.2) is 4.79 Å². The summed E-state index contributed by atoms with van der Waals surface area (Å²) in [6.07, 6.45) is 7.75. The van der Waals surface area contributed by atoms with Crippen LogP contribution in [0.1, 0.15) is 64.4 Å². The maximum atomic E-state index is 12.7. The average Bonchev–Trinajstić information content (AvgIpc) is 2.69. The van der Waals surface area contributed by atoms with E-state index in [1.54, 1.807) is 47.2 Å². The molecule has 27 heavy (non-hydrogen) atoms. The van der Waals surface area contributed by atoms with Gasteiger partial charge in [0.1, 0.15) is 5.56 Å². The lowest BCUT2D eigenvalue weighted by atomic mass is 9.95. The Morgan fingerprint density at radius 1 is 1.07 bits per heavy atom. The fraction of sp³-hybridized carbons (Fsp3) is 0.381. The van der Waals surface area contributed by atoms with Crippen molar-refractivity contribution in [2.75, 3.05) is 6.54 Å². The first-order valence-corrected chi connectivity index (χ1v) is 9.38. The molecule has 1 heterocycles. The van der Waals surface area contributed by atoms with Crippen LogP contribution in [0.25, 0.3) is 0 Å². The molecule has 0 spiro atoms. The number of aromatic nitrogens is 1. The van der Waals surface area contributed by atoms with Crippen LogP contribution in [0, 0.1) is 0 Å². The number of aromatic carboxylic acids is 1. The van der Waals surface area contributed by atoms with Crippen LogP contribution in [0.4, 0.5) is 0 Å². The molecule has 1 aliphatic rings. The number of hydrogen-bond acceptors (Lipinski definition) is 3. The number of carbonyl (C=O) groups excluding carboxylic acids is 1. The molecule has 1 aliphatic carbocycles. The minimum atomic E-state index is -0.965. The number of carboxylic acid groups (broad SMARTS) is 1. The van der Waals surface area contributed by atoms with Crippen LogP contribution >= 0.6 is 0 Å². The Balaban J connectivity index is 1.61. The number of carboxylic acids is 1. The van der Waals surface area contributed by atoms with Crippen molar-refractivity contribution < 1.29 is 14.7 Å². The highest BCUT2D eigenvalue weighted by molar-refractivity contribution is 5.93. The summed E-state index contributed by atoms with van der Waals surface area (Å²) in [6.45, 7) is 0.378. The maximum Gasteiger partial charge on any atom is 0.335 e. The summed E-state index contributed by atoms with van der Waals surface area (Å²) in [5.41, 5.74) is 1.10. The minimum Gasteiger partial charge on any atom is -0.478 e. The lowest BCUT2D eigenvalue weighted by molar-refractivity contribution is 0.0696. The number of amides is 1. The fourth-order valence-electron chi connectivity index (χ4n) is 3.56. The molecular weight excluding hydrogens is 344 g/mol. The maximum absolute atomic E-state index is 12.7. The van der Waals surface area contributed by atoms with E-state index in [-0.39, 0.29) is 28.6 Å². The molecule has 2 N–H and O–H groups in total. The molecule has 1 aromatic carbocycles. The van der Waals surface area contributed by atoms with Crippen LogP contribution in [-0.2, 0) is 6.42 Å². The summed E-state index contributed by atoms with van der Waals surface area (Å²) in [5, 5.41) is 11.7. The van der Waals surface area contributed by atoms with Crippen LogP contribution < -0.4 is 10.9 Å². The summed E-state index contributed by atoms with van der Waals surface area (Å²) < 4.78 is 1.71. The highest BCUT2D eigenvalue weighted by Gasteiger charge is 2.19. The van der Waals surface area contributed by atoms with E-state index in [0.29, 0.717) is 13.0 Å². The zero-order valence-corrected chi connectivity index (χ0v) is 15.2. The van der Waals surface area contributed by atoms with Gasteiger partial charge in [-0.2, -0.15) is 0 Å². The van der Waals surface area contributed by atoms with Gasteiger partial charge in [-0.15, -0.1) is 0 Å². The van der Waals surface area contributed by atoms with Gasteiger partial charge < -0.3 is 15.0 Å². The molecule has 0 atom stereocenters. The van der Waals surface area contributed by atoms with Gasteiger partial charge >= 0.3 is 5.97 Å². The van der Waals surface area contributed by atoms with Crippen LogP contribution in [0.3, 0.4) is 0 Å². The molecule has 1 fully saturated rings. The first kappa shape index (κ1) is 18.9.